The molecule has 2 aliphatic heterocycles. The molecule has 2 aliphatic rings. The van der Waals surface area contributed by atoms with E-state index in [1.54, 1.807) is 0 Å². The van der Waals surface area contributed by atoms with Crippen molar-refractivity contribution in [3.05, 3.63) is 88.1 Å². The van der Waals surface area contributed by atoms with Crippen LogP contribution in [0, 0.1) is 5.92 Å². The number of piperidine rings is 1. The summed E-state index contributed by atoms with van der Waals surface area (Å²) in [5.74, 6) is 1.33. The summed E-state index contributed by atoms with van der Waals surface area (Å²) < 4.78 is 3.30. The minimum atomic E-state index is 0.0288. The molecule has 2 fully saturated rings. The van der Waals surface area contributed by atoms with E-state index < -0.39 is 0 Å². The Kier molecular flexibility index (Phi) is 7.41. The molecule has 8 heteroatoms. The third-order valence-electron chi connectivity index (χ3n) is 7.72. The van der Waals surface area contributed by atoms with E-state index in [4.69, 9.17) is 16.6 Å². The molecule has 1 atom stereocenters. The molecule has 0 bridgehead atoms. The molecule has 1 aromatic heterocycles. The van der Waals surface area contributed by atoms with Crippen LogP contribution in [0.15, 0.2) is 77.3 Å². The van der Waals surface area contributed by atoms with E-state index in [0.29, 0.717) is 0 Å². The van der Waals surface area contributed by atoms with Crippen LogP contribution in [0.1, 0.15) is 18.7 Å². The lowest BCUT2D eigenvalue weighted by atomic mass is 9.96. The molecule has 0 unspecified atom stereocenters. The van der Waals surface area contributed by atoms with Crippen molar-refractivity contribution in [3.63, 3.8) is 0 Å². The third kappa shape index (κ3) is 5.20. The van der Waals surface area contributed by atoms with Gasteiger partial charge in [0, 0.05) is 42.9 Å². The van der Waals surface area contributed by atoms with Gasteiger partial charge in [-0.05, 0) is 67.9 Å². The number of carbonyl (C=O) groups is 1. The number of halogens is 2. The summed E-state index contributed by atoms with van der Waals surface area (Å²) in [5.41, 5.74) is 4.24. The van der Waals surface area contributed by atoms with E-state index in [9.17, 15) is 4.79 Å². The van der Waals surface area contributed by atoms with E-state index in [2.05, 4.69) is 83.7 Å². The maximum absolute atomic E-state index is 13.6. The zero-order valence-corrected chi connectivity index (χ0v) is 23.6. The fourth-order valence-corrected chi connectivity index (χ4v) is 6.31. The minimum absolute atomic E-state index is 0.0288. The molecule has 6 nitrogen and oxygen atoms in total. The monoisotopic (exact) mass is 591 g/mol. The van der Waals surface area contributed by atoms with Gasteiger partial charge in [-0.1, -0.05) is 51.8 Å². The standard InChI is InChI=1S/C30H31BrClN5O/c31-23-11-13-24(14-12-23)37-28-10-4-2-8-26(28)33-29(37)21-34-15-5-6-22(20-34)30(38)36-18-16-35(17-19-36)27-9-3-1-7-25(27)32/h1-4,7-14,22H,5-6,15-21H2/t22-/m1/s1. The van der Waals surface area contributed by atoms with E-state index in [0.717, 1.165) is 96.4 Å². The van der Waals surface area contributed by atoms with Crippen molar-refractivity contribution in [2.75, 3.05) is 44.2 Å². The molecule has 0 N–H and O–H groups in total. The third-order valence-corrected chi connectivity index (χ3v) is 8.57. The number of benzene rings is 3. The number of amides is 1. The second-order valence-corrected chi connectivity index (χ2v) is 11.5. The molecule has 0 radical (unpaired) electrons. The molecule has 0 aliphatic carbocycles. The lowest BCUT2D eigenvalue weighted by Gasteiger charge is -2.40. The van der Waals surface area contributed by atoms with Crippen molar-refractivity contribution in [2.24, 2.45) is 5.92 Å². The van der Waals surface area contributed by atoms with E-state index >= 15 is 0 Å². The molecule has 0 saturated carbocycles. The Morgan fingerprint density at radius 2 is 1.66 bits per heavy atom. The van der Waals surface area contributed by atoms with Crippen LogP contribution in [0.25, 0.3) is 16.7 Å². The fourth-order valence-electron chi connectivity index (χ4n) is 5.80. The number of imidazole rings is 1. The Labute approximate surface area is 236 Å². The van der Waals surface area contributed by atoms with Crippen LogP contribution in [0.5, 0.6) is 0 Å². The Balaban J connectivity index is 1.14. The van der Waals surface area contributed by atoms with E-state index in [-0.39, 0.29) is 11.8 Å². The molecular weight excluding hydrogens is 562 g/mol. The average molecular weight is 593 g/mol. The summed E-state index contributed by atoms with van der Waals surface area (Å²) in [4.78, 5) is 25.3. The number of fused-ring (bicyclic) bond motifs is 1. The number of likely N-dealkylation sites (tertiary alicyclic amines) is 1. The predicted molar refractivity (Wildman–Crippen MR) is 157 cm³/mol. The summed E-state index contributed by atoms with van der Waals surface area (Å²) in [6, 6.07) is 24.6. The summed E-state index contributed by atoms with van der Waals surface area (Å²) in [5, 5.41) is 0.768. The number of rotatable bonds is 5. The van der Waals surface area contributed by atoms with Crippen molar-refractivity contribution >= 4 is 50.2 Å². The van der Waals surface area contributed by atoms with Crippen LogP contribution >= 0.6 is 27.5 Å². The highest BCUT2D eigenvalue weighted by molar-refractivity contribution is 9.10. The highest BCUT2D eigenvalue weighted by atomic mass is 79.9. The molecule has 3 heterocycles. The van der Waals surface area contributed by atoms with Crippen LogP contribution in [0.3, 0.4) is 0 Å². The topological polar surface area (TPSA) is 44.6 Å². The highest BCUT2D eigenvalue weighted by Crippen LogP contribution is 2.28. The molecule has 0 spiro atoms. The maximum atomic E-state index is 13.6. The van der Waals surface area contributed by atoms with Gasteiger partial charge in [0.25, 0.3) is 0 Å². The van der Waals surface area contributed by atoms with Crippen molar-refractivity contribution < 1.29 is 4.79 Å². The Hall–Kier alpha value is -2.87. The zero-order valence-electron chi connectivity index (χ0n) is 21.3. The normalized spacial score (nSPS) is 18.7. The van der Waals surface area contributed by atoms with E-state index in [1.807, 2.05) is 24.3 Å². The summed E-state index contributed by atoms with van der Waals surface area (Å²) in [6.45, 7) is 5.56. The number of aromatic nitrogens is 2. The average Bonchev–Trinajstić information content (AvgIpc) is 3.31. The Morgan fingerprint density at radius 3 is 2.45 bits per heavy atom. The van der Waals surface area contributed by atoms with Gasteiger partial charge < -0.3 is 9.80 Å². The maximum Gasteiger partial charge on any atom is 0.227 e. The second kappa shape index (κ2) is 11.1. The number of nitrogens with zero attached hydrogens (tertiary/aromatic N) is 5. The molecule has 2 saturated heterocycles. The van der Waals surface area contributed by atoms with Gasteiger partial charge in [0.1, 0.15) is 5.82 Å². The van der Waals surface area contributed by atoms with Gasteiger partial charge in [0.2, 0.25) is 5.91 Å². The van der Waals surface area contributed by atoms with Crippen molar-refractivity contribution in [3.8, 4) is 5.69 Å². The number of hydrogen-bond acceptors (Lipinski definition) is 4. The lowest BCUT2D eigenvalue weighted by Crippen LogP contribution is -2.52. The number of para-hydroxylation sites is 3. The van der Waals surface area contributed by atoms with Gasteiger partial charge in [0.15, 0.2) is 0 Å². The Bertz CT molecular complexity index is 1430. The van der Waals surface area contributed by atoms with E-state index in [1.165, 1.54) is 0 Å². The molecule has 3 aromatic carbocycles. The first-order chi connectivity index (χ1) is 18.6. The summed E-state index contributed by atoms with van der Waals surface area (Å²) >= 11 is 9.96. The second-order valence-electron chi connectivity index (χ2n) is 10.2. The van der Waals surface area contributed by atoms with Crippen molar-refractivity contribution in [1.82, 2.24) is 19.4 Å². The van der Waals surface area contributed by atoms with Crippen LogP contribution in [0.2, 0.25) is 5.02 Å². The molecule has 6 rings (SSSR count). The van der Waals surface area contributed by atoms with Crippen LogP contribution < -0.4 is 4.90 Å². The van der Waals surface area contributed by atoms with Gasteiger partial charge in [-0.3, -0.25) is 14.3 Å². The summed E-state index contributed by atoms with van der Waals surface area (Å²) in [6.07, 6.45) is 1.97. The highest BCUT2D eigenvalue weighted by Gasteiger charge is 2.32. The van der Waals surface area contributed by atoms with Gasteiger partial charge in [0.05, 0.1) is 34.2 Å². The number of piperazine rings is 1. The first-order valence-corrected chi connectivity index (χ1v) is 14.5. The van der Waals surface area contributed by atoms with Crippen LogP contribution in [0.4, 0.5) is 5.69 Å². The zero-order chi connectivity index (χ0) is 26.1. The lowest BCUT2D eigenvalue weighted by molar-refractivity contribution is -0.137. The van der Waals surface area contributed by atoms with Crippen LogP contribution in [-0.4, -0.2) is 64.5 Å². The molecule has 4 aromatic rings. The van der Waals surface area contributed by atoms with Gasteiger partial charge in [-0.25, -0.2) is 4.98 Å². The molecule has 1 amide bonds. The predicted octanol–water partition coefficient (Wildman–Crippen LogP) is 6.00. The van der Waals surface area contributed by atoms with Gasteiger partial charge >= 0.3 is 0 Å². The number of carbonyl (C=O) groups excluding carboxylic acids is 1. The van der Waals surface area contributed by atoms with Gasteiger partial charge in [-0.2, -0.15) is 0 Å². The first kappa shape index (κ1) is 25.4. The quantitative estimate of drug-likeness (QED) is 0.285. The number of anilines is 1. The molecule has 38 heavy (non-hydrogen) atoms. The Morgan fingerprint density at radius 1 is 0.921 bits per heavy atom. The first-order valence-electron chi connectivity index (χ1n) is 13.3. The van der Waals surface area contributed by atoms with Gasteiger partial charge in [-0.15, -0.1) is 0 Å². The number of hydrogen-bond donors (Lipinski definition) is 0. The molecular formula is C30H31BrClN5O. The minimum Gasteiger partial charge on any atom is -0.367 e. The van der Waals surface area contributed by atoms with Crippen molar-refractivity contribution in [2.45, 2.75) is 19.4 Å². The smallest absolute Gasteiger partial charge is 0.227 e. The molecule has 196 valence electrons. The fraction of sp³-hybridized carbons (Fsp3) is 0.333. The SMILES string of the molecule is O=C([C@@H]1CCCN(Cc2nc3ccccc3n2-c2ccc(Br)cc2)C1)N1CCN(c2ccccc2Cl)CC1. The van der Waals surface area contributed by atoms with Crippen LogP contribution in [-0.2, 0) is 11.3 Å². The summed E-state index contributed by atoms with van der Waals surface area (Å²) in [7, 11) is 0. The largest absolute Gasteiger partial charge is 0.367 e. The van der Waals surface area contributed by atoms with Crippen molar-refractivity contribution in [1.29, 1.82) is 0 Å².